The van der Waals surface area contributed by atoms with Gasteiger partial charge < -0.3 is 10.1 Å². The van der Waals surface area contributed by atoms with Gasteiger partial charge in [0.2, 0.25) is 0 Å². The van der Waals surface area contributed by atoms with Crippen LogP contribution in [0.25, 0.3) is 0 Å². The Bertz CT molecular complexity index is 180. The van der Waals surface area contributed by atoms with Crippen molar-refractivity contribution in [3.63, 3.8) is 0 Å². The smallest absolute Gasteiger partial charge is 0.0726 e. The number of nitrogens with zero attached hydrogens (tertiary/aromatic N) is 1. The van der Waals surface area contributed by atoms with Crippen molar-refractivity contribution in [2.24, 2.45) is 0 Å². The van der Waals surface area contributed by atoms with Gasteiger partial charge in [-0.05, 0) is 39.3 Å². The Morgan fingerprint density at radius 2 is 2.14 bits per heavy atom. The number of rotatable bonds is 3. The van der Waals surface area contributed by atoms with Gasteiger partial charge in [0.05, 0.1) is 6.10 Å². The van der Waals surface area contributed by atoms with Crippen LogP contribution in [-0.4, -0.2) is 50.3 Å². The van der Waals surface area contributed by atoms with Crippen molar-refractivity contribution in [2.45, 2.75) is 43.9 Å². The highest BCUT2D eigenvalue weighted by molar-refractivity contribution is 4.90. The molecule has 0 spiro atoms. The molecule has 0 aromatic carbocycles. The van der Waals surface area contributed by atoms with Gasteiger partial charge in [0.25, 0.3) is 0 Å². The maximum absolute atomic E-state index is 5.54. The summed E-state index contributed by atoms with van der Waals surface area (Å²) in [6.07, 6.45) is 5.65. The first-order valence-electron chi connectivity index (χ1n) is 5.78. The van der Waals surface area contributed by atoms with E-state index >= 15 is 0 Å². The average molecular weight is 198 g/mol. The lowest BCUT2D eigenvalue weighted by atomic mass is 10.1. The topological polar surface area (TPSA) is 24.5 Å². The molecule has 1 saturated heterocycles. The van der Waals surface area contributed by atoms with Crippen LogP contribution in [0, 0.1) is 0 Å². The Labute approximate surface area is 86.8 Å². The molecule has 14 heavy (non-hydrogen) atoms. The first-order valence-corrected chi connectivity index (χ1v) is 5.78. The molecule has 1 saturated carbocycles. The zero-order chi connectivity index (χ0) is 9.97. The van der Waals surface area contributed by atoms with Crippen molar-refractivity contribution in [3.8, 4) is 0 Å². The molecule has 0 aromatic heterocycles. The molecule has 1 N–H and O–H groups in total. The van der Waals surface area contributed by atoms with E-state index in [-0.39, 0.29) is 0 Å². The highest BCUT2D eigenvalue weighted by Gasteiger charge is 2.34. The van der Waals surface area contributed by atoms with Gasteiger partial charge in [-0.25, -0.2) is 0 Å². The fourth-order valence-electron chi connectivity index (χ4n) is 2.91. The standard InChI is InChI=1S/C11H22N2O/c1-13(9-6-7-12-8-9)10-4-3-5-11(10)14-2/h9-12H,3-8H2,1-2H3. The maximum atomic E-state index is 5.54. The number of nitrogens with one attached hydrogen (secondary N) is 1. The second-order valence-electron chi connectivity index (χ2n) is 4.58. The monoisotopic (exact) mass is 198 g/mol. The van der Waals surface area contributed by atoms with Gasteiger partial charge >= 0.3 is 0 Å². The Morgan fingerprint density at radius 1 is 1.29 bits per heavy atom. The van der Waals surface area contributed by atoms with Crippen LogP contribution >= 0.6 is 0 Å². The van der Waals surface area contributed by atoms with Crippen molar-refractivity contribution in [3.05, 3.63) is 0 Å². The van der Waals surface area contributed by atoms with E-state index in [2.05, 4.69) is 17.3 Å². The summed E-state index contributed by atoms with van der Waals surface area (Å²) in [6, 6.07) is 1.39. The summed E-state index contributed by atoms with van der Waals surface area (Å²) < 4.78 is 5.54. The molecule has 82 valence electrons. The van der Waals surface area contributed by atoms with Crippen molar-refractivity contribution in [1.82, 2.24) is 10.2 Å². The normalized spacial score (nSPS) is 38.4. The summed E-state index contributed by atoms with van der Waals surface area (Å²) >= 11 is 0. The number of hydrogen-bond donors (Lipinski definition) is 1. The van der Waals surface area contributed by atoms with Crippen LogP contribution in [-0.2, 0) is 4.74 Å². The molecule has 0 amide bonds. The molecule has 0 radical (unpaired) electrons. The van der Waals surface area contributed by atoms with Gasteiger partial charge in [-0.2, -0.15) is 0 Å². The summed E-state index contributed by atoms with van der Waals surface area (Å²) in [5, 5.41) is 3.43. The molecule has 3 nitrogen and oxygen atoms in total. The molecule has 2 aliphatic rings. The molecule has 1 heterocycles. The van der Waals surface area contributed by atoms with Crippen LogP contribution < -0.4 is 5.32 Å². The predicted molar refractivity (Wildman–Crippen MR) is 57.5 cm³/mol. The van der Waals surface area contributed by atoms with E-state index in [9.17, 15) is 0 Å². The summed E-state index contributed by atoms with van der Waals surface area (Å²) in [4.78, 5) is 2.54. The Kier molecular flexibility index (Phi) is 3.42. The summed E-state index contributed by atoms with van der Waals surface area (Å²) in [5.74, 6) is 0. The lowest BCUT2D eigenvalue weighted by Crippen LogP contribution is -2.45. The number of hydrogen-bond acceptors (Lipinski definition) is 3. The van der Waals surface area contributed by atoms with Crippen molar-refractivity contribution < 1.29 is 4.74 Å². The van der Waals surface area contributed by atoms with E-state index in [0.717, 1.165) is 12.6 Å². The molecule has 0 aromatic rings. The first-order chi connectivity index (χ1) is 6.83. The van der Waals surface area contributed by atoms with Crippen LogP contribution in [0.4, 0.5) is 0 Å². The lowest BCUT2D eigenvalue weighted by Gasteiger charge is -2.33. The number of ether oxygens (including phenoxy) is 1. The lowest BCUT2D eigenvalue weighted by molar-refractivity contribution is 0.0297. The third-order valence-corrected chi connectivity index (χ3v) is 3.85. The zero-order valence-corrected chi connectivity index (χ0v) is 9.33. The van der Waals surface area contributed by atoms with Gasteiger partial charge in [0, 0.05) is 25.7 Å². The largest absolute Gasteiger partial charge is 0.380 e. The van der Waals surface area contributed by atoms with Gasteiger partial charge in [0.1, 0.15) is 0 Å². The molecule has 3 atom stereocenters. The highest BCUT2D eigenvalue weighted by atomic mass is 16.5. The minimum Gasteiger partial charge on any atom is -0.380 e. The second-order valence-corrected chi connectivity index (χ2v) is 4.58. The van der Waals surface area contributed by atoms with Crippen LogP contribution in [0.15, 0.2) is 0 Å². The third kappa shape index (κ3) is 1.95. The number of methoxy groups -OCH3 is 1. The molecular formula is C11H22N2O. The molecular weight excluding hydrogens is 176 g/mol. The van der Waals surface area contributed by atoms with Crippen molar-refractivity contribution >= 4 is 0 Å². The molecule has 3 unspecified atom stereocenters. The number of likely N-dealkylation sites (N-methyl/N-ethyl adjacent to an activating group) is 1. The zero-order valence-electron chi connectivity index (χ0n) is 9.33. The van der Waals surface area contributed by atoms with Gasteiger partial charge in [-0.3, -0.25) is 4.90 Å². The van der Waals surface area contributed by atoms with Crippen LogP contribution in [0.3, 0.4) is 0 Å². The third-order valence-electron chi connectivity index (χ3n) is 3.85. The minimum absolute atomic E-state index is 0.473. The van der Waals surface area contributed by atoms with Gasteiger partial charge in [-0.15, -0.1) is 0 Å². The van der Waals surface area contributed by atoms with Crippen LogP contribution in [0.1, 0.15) is 25.7 Å². The first kappa shape index (κ1) is 10.4. The Balaban J connectivity index is 1.92. The predicted octanol–water partition coefficient (Wildman–Crippen LogP) is 0.848. The molecule has 1 aliphatic carbocycles. The van der Waals surface area contributed by atoms with E-state index in [1.54, 1.807) is 0 Å². The average Bonchev–Trinajstić information content (AvgIpc) is 2.87. The van der Waals surface area contributed by atoms with E-state index in [0.29, 0.717) is 12.1 Å². The SMILES string of the molecule is COC1CCCC1N(C)C1CCNC1. The summed E-state index contributed by atoms with van der Waals surface area (Å²) in [7, 11) is 4.11. The molecule has 2 fully saturated rings. The molecule has 1 aliphatic heterocycles. The van der Waals surface area contributed by atoms with Crippen LogP contribution in [0.2, 0.25) is 0 Å². The second kappa shape index (κ2) is 4.60. The fraction of sp³-hybridized carbons (Fsp3) is 1.00. The van der Waals surface area contributed by atoms with E-state index < -0.39 is 0 Å². The van der Waals surface area contributed by atoms with Gasteiger partial charge in [-0.1, -0.05) is 0 Å². The van der Waals surface area contributed by atoms with Crippen molar-refractivity contribution in [2.75, 3.05) is 27.2 Å². The summed E-state index contributed by atoms with van der Waals surface area (Å²) in [6.45, 7) is 2.34. The quantitative estimate of drug-likeness (QED) is 0.727. The Hall–Kier alpha value is -0.120. The summed E-state index contributed by atoms with van der Waals surface area (Å²) in [5.41, 5.74) is 0. The maximum Gasteiger partial charge on any atom is 0.0726 e. The van der Waals surface area contributed by atoms with E-state index in [1.807, 2.05) is 7.11 Å². The molecule has 0 bridgehead atoms. The minimum atomic E-state index is 0.473. The van der Waals surface area contributed by atoms with E-state index in [4.69, 9.17) is 4.74 Å². The van der Waals surface area contributed by atoms with Gasteiger partial charge in [0.15, 0.2) is 0 Å². The van der Waals surface area contributed by atoms with Crippen LogP contribution in [0.5, 0.6) is 0 Å². The van der Waals surface area contributed by atoms with Crippen molar-refractivity contribution in [1.29, 1.82) is 0 Å². The highest BCUT2D eigenvalue weighted by Crippen LogP contribution is 2.27. The molecule has 2 rings (SSSR count). The Morgan fingerprint density at radius 3 is 2.79 bits per heavy atom. The fourth-order valence-corrected chi connectivity index (χ4v) is 2.91. The van der Waals surface area contributed by atoms with E-state index in [1.165, 1.54) is 32.2 Å². The molecule has 3 heteroatoms.